The van der Waals surface area contributed by atoms with Crippen LogP contribution >= 0.6 is 0 Å². The summed E-state index contributed by atoms with van der Waals surface area (Å²) in [5.74, 6) is -0.170. The summed E-state index contributed by atoms with van der Waals surface area (Å²) in [6.07, 6.45) is 3.83. The highest BCUT2D eigenvalue weighted by molar-refractivity contribution is 5.75. The van der Waals surface area contributed by atoms with Crippen molar-refractivity contribution in [2.24, 2.45) is 0 Å². The van der Waals surface area contributed by atoms with E-state index in [2.05, 4.69) is 15.6 Å². The SMILES string of the molecule is CCC(CO)NC(=O)Cn1ccnn1. The molecular weight excluding hydrogens is 184 g/mol. The van der Waals surface area contributed by atoms with Crippen LogP contribution in [-0.4, -0.2) is 38.7 Å². The van der Waals surface area contributed by atoms with E-state index < -0.39 is 0 Å². The summed E-state index contributed by atoms with van der Waals surface area (Å²) in [7, 11) is 0. The maximum atomic E-state index is 11.3. The van der Waals surface area contributed by atoms with Crippen LogP contribution < -0.4 is 5.32 Å². The Morgan fingerprint density at radius 1 is 1.71 bits per heavy atom. The lowest BCUT2D eigenvalue weighted by atomic mass is 10.2. The molecular formula is C8H14N4O2. The molecule has 0 aromatic carbocycles. The minimum absolute atomic E-state index is 0.0421. The van der Waals surface area contributed by atoms with Gasteiger partial charge in [0.15, 0.2) is 0 Å². The van der Waals surface area contributed by atoms with E-state index in [0.29, 0.717) is 6.42 Å². The number of carbonyl (C=O) groups is 1. The quantitative estimate of drug-likeness (QED) is 0.647. The molecule has 1 aromatic heterocycles. The molecule has 14 heavy (non-hydrogen) atoms. The number of hydrogen-bond donors (Lipinski definition) is 2. The molecule has 1 unspecified atom stereocenters. The Bertz CT molecular complexity index is 269. The van der Waals surface area contributed by atoms with E-state index in [9.17, 15) is 4.79 Å². The first kappa shape index (κ1) is 10.6. The van der Waals surface area contributed by atoms with Gasteiger partial charge in [0, 0.05) is 6.20 Å². The molecule has 1 aromatic rings. The Balaban J connectivity index is 2.35. The van der Waals surface area contributed by atoms with E-state index in [1.165, 1.54) is 10.9 Å². The Kier molecular flexibility index (Phi) is 4.06. The Morgan fingerprint density at radius 3 is 3.00 bits per heavy atom. The standard InChI is InChI=1S/C8H14N4O2/c1-2-7(6-13)10-8(14)5-12-4-3-9-11-12/h3-4,7,13H,2,5-6H2,1H3,(H,10,14). The van der Waals surface area contributed by atoms with Crippen molar-refractivity contribution in [3.8, 4) is 0 Å². The molecule has 0 radical (unpaired) electrons. The first-order chi connectivity index (χ1) is 6.76. The Labute approximate surface area is 81.9 Å². The van der Waals surface area contributed by atoms with Gasteiger partial charge in [0.25, 0.3) is 0 Å². The predicted molar refractivity (Wildman–Crippen MR) is 49.3 cm³/mol. The van der Waals surface area contributed by atoms with E-state index in [-0.39, 0.29) is 25.1 Å². The molecule has 2 N–H and O–H groups in total. The van der Waals surface area contributed by atoms with Gasteiger partial charge in [-0.1, -0.05) is 12.1 Å². The zero-order valence-electron chi connectivity index (χ0n) is 8.05. The number of hydrogen-bond acceptors (Lipinski definition) is 4. The lowest BCUT2D eigenvalue weighted by Crippen LogP contribution is -2.38. The normalized spacial score (nSPS) is 12.4. The third kappa shape index (κ3) is 3.14. The summed E-state index contributed by atoms with van der Waals surface area (Å²) in [4.78, 5) is 11.3. The van der Waals surface area contributed by atoms with Crippen LogP contribution in [0.3, 0.4) is 0 Å². The average Bonchev–Trinajstić information content (AvgIpc) is 2.66. The molecule has 0 saturated carbocycles. The van der Waals surface area contributed by atoms with Crippen LogP contribution in [-0.2, 0) is 11.3 Å². The first-order valence-corrected chi connectivity index (χ1v) is 4.50. The number of aliphatic hydroxyl groups is 1. The van der Waals surface area contributed by atoms with Crippen LogP contribution in [0.1, 0.15) is 13.3 Å². The van der Waals surface area contributed by atoms with Crippen molar-refractivity contribution >= 4 is 5.91 Å². The van der Waals surface area contributed by atoms with Crippen LogP contribution in [0.5, 0.6) is 0 Å². The van der Waals surface area contributed by atoms with E-state index in [1.54, 1.807) is 6.20 Å². The van der Waals surface area contributed by atoms with Gasteiger partial charge in [0.1, 0.15) is 6.54 Å². The molecule has 1 rings (SSSR count). The molecule has 0 spiro atoms. The zero-order chi connectivity index (χ0) is 10.4. The molecule has 0 bridgehead atoms. The van der Waals surface area contributed by atoms with Gasteiger partial charge in [0.2, 0.25) is 5.91 Å². The molecule has 0 fully saturated rings. The van der Waals surface area contributed by atoms with Gasteiger partial charge in [-0.2, -0.15) is 0 Å². The van der Waals surface area contributed by atoms with Gasteiger partial charge in [0.05, 0.1) is 18.8 Å². The van der Waals surface area contributed by atoms with E-state index in [0.717, 1.165) is 0 Å². The summed E-state index contributed by atoms with van der Waals surface area (Å²) < 4.78 is 1.43. The molecule has 0 aliphatic carbocycles. The lowest BCUT2D eigenvalue weighted by Gasteiger charge is -2.13. The summed E-state index contributed by atoms with van der Waals surface area (Å²) in [5, 5.41) is 18.8. The van der Waals surface area contributed by atoms with E-state index in [1.807, 2.05) is 6.92 Å². The van der Waals surface area contributed by atoms with Crippen molar-refractivity contribution in [3.63, 3.8) is 0 Å². The molecule has 0 aliphatic heterocycles. The third-order valence-corrected chi connectivity index (χ3v) is 1.86. The van der Waals surface area contributed by atoms with Crippen molar-refractivity contribution in [2.75, 3.05) is 6.61 Å². The van der Waals surface area contributed by atoms with Gasteiger partial charge in [-0.3, -0.25) is 4.79 Å². The molecule has 1 heterocycles. The van der Waals surface area contributed by atoms with Gasteiger partial charge in [-0.15, -0.1) is 5.10 Å². The second kappa shape index (κ2) is 5.33. The van der Waals surface area contributed by atoms with Crippen molar-refractivity contribution in [1.82, 2.24) is 20.3 Å². The van der Waals surface area contributed by atoms with Crippen LogP contribution in [0.25, 0.3) is 0 Å². The monoisotopic (exact) mass is 198 g/mol. The number of aliphatic hydroxyl groups excluding tert-OH is 1. The summed E-state index contributed by atoms with van der Waals surface area (Å²) in [5.41, 5.74) is 0. The lowest BCUT2D eigenvalue weighted by molar-refractivity contribution is -0.122. The van der Waals surface area contributed by atoms with Crippen LogP contribution in [0.4, 0.5) is 0 Å². The van der Waals surface area contributed by atoms with Gasteiger partial charge >= 0.3 is 0 Å². The maximum Gasteiger partial charge on any atom is 0.242 e. The summed E-state index contributed by atoms with van der Waals surface area (Å²) >= 11 is 0. The molecule has 6 nitrogen and oxygen atoms in total. The average molecular weight is 198 g/mol. The second-order valence-corrected chi connectivity index (χ2v) is 2.96. The topological polar surface area (TPSA) is 80.0 Å². The van der Waals surface area contributed by atoms with E-state index >= 15 is 0 Å². The maximum absolute atomic E-state index is 11.3. The highest BCUT2D eigenvalue weighted by Crippen LogP contribution is 1.89. The van der Waals surface area contributed by atoms with Gasteiger partial charge in [-0.05, 0) is 6.42 Å². The van der Waals surface area contributed by atoms with Crippen molar-refractivity contribution in [3.05, 3.63) is 12.4 Å². The molecule has 78 valence electrons. The molecule has 1 amide bonds. The number of nitrogens with one attached hydrogen (secondary N) is 1. The largest absolute Gasteiger partial charge is 0.394 e. The van der Waals surface area contributed by atoms with Crippen LogP contribution in [0.15, 0.2) is 12.4 Å². The van der Waals surface area contributed by atoms with Crippen molar-refractivity contribution < 1.29 is 9.90 Å². The third-order valence-electron chi connectivity index (χ3n) is 1.86. The van der Waals surface area contributed by atoms with Gasteiger partial charge in [-0.25, -0.2) is 4.68 Å². The fourth-order valence-electron chi connectivity index (χ4n) is 1.01. The summed E-state index contributed by atoms with van der Waals surface area (Å²) in [6, 6.07) is -0.175. The molecule has 6 heteroatoms. The van der Waals surface area contributed by atoms with Crippen molar-refractivity contribution in [2.45, 2.75) is 25.9 Å². The minimum Gasteiger partial charge on any atom is -0.394 e. The zero-order valence-corrected chi connectivity index (χ0v) is 8.05. The number of aromatic nitrogens is 3. The number of carbonyl (C=O) groups excluding carboxylic acids is 1. The van der Waals surface area contributed by atoms with Crippen molar-refractivity contribution in [1.29, 1.82) is 0 Å². The Morgan fingerprint density at radius 2 is 2.50 bits per heavy atom. The summed E-state index contributed by atoms with van der Waals surface area (Å²) in [6.45, 7) is 1.99. The molecule has 0 aliphatic rings. The Hall–Kier alpha value is -1.43. The smallest absolute Gasteiger partial charge is 0.242 e. The van der Waals surface area contributed by atoms with Gasteiger partial charge < -0.3 is 10.4 Å². The molecule has 0 saturated heterocycles. The highest BCUT2D eigenvalue weighted by Gasteiger charge is 2.09. The number of amides is 1. The fourth-order valence-corrected chi connectivity index (χ4v) is 1.01. The number of nitrogens with zero attached hydrogens (tertiary/aromatic N) is 3. The fraction of sp³-hybridized carbons (Fsp3) is 0.625. The first-order valence-electron chi connectivity index (χ1n) is 4.50. The highest BCUT2D eigenvalue weighted by atomic mass is 16.3. The van der Waals surface area contributed by atoms with Crippen LogP contribution in [0, 0.1) is 0 Å². The minimum atomic E-state index is -0.175. The second-order valence-electron chi connectivity index (χ2n) is 2.96. The molecule has 1 atom stereocenters. The van der Waals surface area contributed by atoms with E-state index in [4.69, 9.17) is 5.11 Å². The number of rotatable bonds is 5. The van der Waals surface area contributed by atoms with Crippen LogP contribution in [0.2, 0.25) is 0 Å². The predicted octanol–water partition coefficient (Wildman–Crippen LogP) is -0.835.